The van der Waals surface area contributed by atoms with Gasteiger partial charge in [0.05, 0.1) is 10.6 Å². The average molecular weight is 310 g/mol. The summed E-state index contributed by atoms with van der Waals surface area (Å²) in [6, 6.07) is 16.3. The molecule has 110 valence electrons. The van der Waals surface area contributed by atoms with Gasteiger partial charge in [-0.1, -0.05) is 37.3 Å². The van der Waals surface area contributed by atoms with E-state index in [1.54, 1.807) is 29.2 Å². The summed E-state index contributed by atoms with van der Waals surface area (Å²) >= 11 is 0. The maximum absolute atomic E-state index is 12.4. The standard InChI is InChI=1S/C17H14N2O2S/c1-2-13-7-3-4-8-15(13)19-12-14(11-18)22(20,21)17-10-6-5-9-16(17)19/h3-10,12H,2H2,1H3. The zero-order valence-corrected chi connectivity index (χ0v) is 12.8. The van der Waals surface area contributed by atoms with Crippen molar-refractivity contribution in [3.05, 3.63) is 65.2 Å². The highest BCUT2D eigenvalue weighted by Gasteiger charge is 2.32. The van der Waals surface area contributed by atoms with Crippen LogP contribution < -0.4 is 4.90 Å². The van der Waals surface area contributed by atoms with Crippen molar-refractivity contribution in [2.45, 2.75) is 18.2 Å². The molecule has 3 rings (SSSR count). The monoisotopic (exact) mass is 310 g/mol. The minimum Gasteiger partial charge on any atom is -0.314 e. The van der Waals surface area contributed by atoms with Crippen LogP contribution >= 0.6 is 0 Å². The lowest BCUT2D eigenvalue weighted by atomic mass is 10.1. The van der Waals surface area contributed by atoms with E-state index >= 15 is 0 Å². The molecule has 1 aliphatic rings. The molecule has 0 unspecified atom stereocenters. The summed E-state index contributed by atoms with van der Waals surface area (Å²) in [4.78, 5) is 1.71. The molecule has 0 atom stereocenters. The maximum Gasteiger partial charge on any atom is 0.220 e. The number of para-hydroxylation sites is 2. The molecule has 0 fully saturated rings. The molecule has 0 amide bonds. The molecule has 0 aliphatic carbocycles. The molecule has 0 spiro atoms. The zero-order chi connectivity index (χ0) is 15.7. The minimum atomic E-state index is -3.74. The molecule has 2 aromatic carbocycles. The molecular weight excluding hydrogens is 296 g/mol. The Morgan fingerprint density at radius 1 is 1.05 bits per heavy atom. The second kappa shape index (κ2) is 5.32. The second-order valence-corrected chi connectivity index (χ2v) is 6.82. The van der Waals surface area contributed by atoms with Gasteiger partial charge in [0.1, 0.15) is 6.07 Å². The fourth-order valence-electron chi connectivity index (χ4n) is 2.59. The van der Waals surface area contributed by atoms with Crippen molar-refractivity contribution in [3.8, 4) is 6.07 Å². The van der Waals surface area contributed by atoms with E-state index in [2.05, 4.69) is 0 Å². The number of hydrogen-bond donors (Lipinski definition) is 0. The number of hydrogen-bond acceptors (Lipinski definition) is 4. The van der Waals surface area contributed by atoms with Gasteiger partial charge in [-0.3, -0.25) is 0 Å². The molecule has 0 aromatic heterocycles. The Bertz CT molecular complexity index is 908. The molecule has 0 radical (unpaired) electrons. The first-order valence-electron chi connectivity index (χ1n) is 6.92. The highest BCUT2D eigenvalue weighted by Crippen LogP contribution is 2.40. The van der Waals surface area contributed by atoms with Gasteiger partial charge in [0.15, 0.2) is 4.91 Å². The van der Waals surface area contributed by atoms with Gasteiger partial charge in [-0.2, -0.15) is 5.26 Å². The third-order valence-electron chi connectivity index (χ3n) is 3.69. The lowest BCUT2D eigenvalue weighted by Gasteiger charge is -2.29. The topological polar surface area (TPSA) is 61.2 Å². The lowest BCUT2D eigenvalue weighted by Crippen LogP contribution is -2.22. The number of benzene rings is 2. The van der Waals surface area contributed by atoms with E-state index in [0.29, 0.717) is 5.69 Å². The minimum absolute atomic E-state index is 0.167. The van der Waals surface area contributed by atoms with Crippen LogP contribution in [0, 0.1) is 11.3 Å². The Morgan fingerprint density at radius 2 is 1.68 bits per heavy atom. The molecule has 0 saturated carbocycles. The van der Waals surface area contributed by atoms with Crippen LogP contribution in [-0.4, -0.2) is 8.42 Å². The van der Waals surface area contributed by atoms with E-state index in [0.717, 1.165) is 17.7 Å². The number of anilines is 2. The summed E-state index contributed by atoms with van der Waals surface area (Å²) in [6.07, 6.45) is 2.23. The van der Waals surface area contributed by atoms with Gasteiger partial charge in [-0.05, 0) is 30.2 Å². The van der Waals surface area contributed by atoms with Crippen LogP contribution in [0.3, 0.4) is 0 Å². The Kier molecular flexibility index (Phi) is 3.47. The molecule has 0 saturated heterocycles. The Labute approximate surface area is 129 Å². The van der Waals surface area contributed by atoms with E-state index < -0.39 is 9.84 Å². The number of fused-ring (bicyclic) bond motifs is 1. The fourth-order valence-corrected chi connectivity index (χ4v) is 3.89. The quantitative estimate of drug-likeness (QED) is 0.851. The summed E-state index contributed by atoms with van der Waals surface area (Å²) in [7, 11) is -3.74. The average Bonchev–Trinajstić information content (AvgIpc) is 2.55. The summed E-state index contributed by atoms with van der Waals surface area (Å²) in [6.45, 7) is 2.04. The molecule has 0 N–H and O–H groups in total. The number of nitriles is 1. The number of rotatable bonds is 2. The summed E-state index contributed by atoms with van der Waals surface area (Å²) in [5.41, 5.74) is 2.55. The summed E-state index contributed by atoms with van der Waals surface area (Å²) in [5.74, 6) is 0. The van der Waals surface area contributed by atoms with Crippen molar-refractivity contribution in [1.82, 2.24) is 0 Å². The molecule has 5 heteroatoms. The van der Waals surface area contributed by atoms with Crippen LogP contribution in [0.4, 0.5) is 11.4 Å². The van der Waals surface area contributed by atoms with Crippen LogP contribution in [-0.2, 0) is 16.3 Å². The molecular formula is C17H14N2O2S. The number of sulfone groups is 1. The van der Waals surface area contributed by atoms with Gasteiger partial charge < -0.3 is 4.90 Å². The fraction of sp³-hybridized carbons (Fsp3) is 0.118. The Hall–Kier alpha value is -2.58. The molecule has 1 heterocycles. The Morgan fingerprint density at radius 3 is 2.36 bits per heavy atom. The second-order valence-electron chi connectivity index (χ2n) is 4.93. The van der Waals surface area contributed by atoms with Gasteiger partial charge in [-0.25, -0.2) is 8.42 Å². The van der Waals surface area contributed by atoms with Crippen LogP contribution in [0.15, 0.2) is 64.5 Å². The van der Waals surface area contributed by atoms with E-state index in [4.69, 9.17) is 0 Å². The van der Waals surface area contributed by atoms with Crippen LogP contribution in [0.25, 0.3) is 0 Å². The number of nitrogens with zero attached hydrogens (tertiary/aromatic N) is 2. The third-order valence-corrected chi connectivity index (χ3v) is 5.39. The van der Waals surface area contributed by atoms with E-state index in [9.17, 15) is 13.7 Å². The highest BCUT2D eigenvalue weighted by molar-refractivity contribution is 7.95. The molecule has 1 aliphatic heterocycles. The van der Waals surface area contributed by atoms with Crippen LogP contribution in [0.1, 0.15) is 12.5 Å². The van der Waals surface area contributed by atoms with E-state index in [-0.39, 0.29) is 9.80 Å². The lowest BCUT2D eigenvalue weighted by molar-refractivity contribution is 0.602. The van der Waals surface area contributed by atoms with Gasteiger partial charge >= 0.3 is 0 Å². The van der Waals surface area contributed by atoms with E-state index in [1.165, 1.54) is 12.3 Å². The normalized spacial score (nSPS) is 15.6. The smallest absolute Gasteiger partial charge is 0.220 e. The predicted molar refractivity (Wildman–Crippen MR) is 85.3 cm³/mol. The van der Waals surface area contributed by atoms with Crippen molar-refractivity contribution in [2.24, 2.45) is 0 Å². The maximum atomic E-state index is 12.4. The van der Waals surface area contributed by atoms with E-state index in [1.807, 2.05) is 31.2 Å². The molecule has 22 heavy (non-hydrogen) atoms. The van der Waals surface area contributed by atoms with Crippen molar-refractivity contribution >= 4 is 21.2 Å². The first-order valence-corrected chi connectivity index (χ1v) is 8.41. The molecule has 0 bridgehead atoms. The first-order chi connectivity index (χ1) is 10.6. The summed E-state index contributed by atoms with van der Waals surface area (Å²) < 4.78 is 24.9. The third kappa shape index (κ3) is 2.09. The van der Waals surface area contributed by atoms with Crippen LogP contribution in [0.2, 0.25) is 0 Å². The van der Waals surface area contributed by atoms with Crippen molar-refractivity contribution in [1.29, 1.82) is 5.26 Å². The summed E-state index contributed by atoms with van der Waals surface area (Å²) in [5, 5.41) is 9.22. The van der Waals surface area contributed by atoms with Crippen molar-refractivity contribution in [3.63, 3.8) is 0 Å². The SMILES string of the molecule is CCc1ccccc1N1C=C(C#N)S(=O)(=O)c2ccccc21. The van der Waals surface area contributed by atoms with Crippen molar-refractivity contribution < 1.29 is 8.42 Å². The first kappa shape index (κ1) is 14.4. The molecule has 2 aromatic rings. The largest absolute Gasteiger partial charge is 0.314 e. The van der Waals surface area contributed by atoms with Gasteiger partial charge in [-0.15, -0.1) is 0 Å². The molecule has 4 nitrogen and oxygen atoms in total. The number of aryl methyl sites for hydroxylation is 1. The Balaban J connectivity index is 2.31. The number of allylic oxidation sites excluding steroid dienone is 1. The predicted octanol–water partition coefficient (Wildman–Crippen LogP) is 3.54. The zero-order valence-electron chi connectivity index (χ0n) is 12.0. The van der Waals surface area contributed by atoms with Gasteiger partial charge in [0.25, 0.3) is 0 Å². The highest BCUT2D eigenvalue weighted by atomic mass is 32.2. The van der Waals surface area contributed by atoms with Gasteiger partial charge in [0, 0.05) is 11.9 Å². The van der Waals surface area contributed by atoms with Gasteiger partial charge in [0.2, 0.25) is 9.84 Å². The van der Waals surface area contributed by atoms with Crippen molar-refractivity contribution in [2.75, 3.05) is 4.90 Å². The van der Waals surface area contributed by atoms with Crippen LogP contribution in [0.5, 0.6) is 0 Å².